The van der Waals surface area contributed by atoms with Crippen molar-refractivity contribution in [2.75, 3.05) is 25.5 Å². The minimum Gasteiger partial charge on any atom is -0.497 e. The van der Waals surface area contributed by atoms with E-state index in [1.54, 1.807) is 13.2 Å². The van der Waals surface area contributed by atoms with Gasteiger partial charge >= 0.3 is 0 Å². The number of methoxy groups -OCH3 is 1. The molecule has 0 aliphatic rings. The van der Waals surface area contributed by atoms with Crippen molar-refractivity contribution in [1.82, 2.24) is 4.90 Å². The van der Waals surface area contributed by atoms with Crippen molar-refractivity contribution in [3.8, 4) is 5.75 Å². The second-order valence-corrected chi connectivity index (χ2v) is 4.86. The molecule has 0 fully saturated rings. The average molecular weight is 314 g/mol. The van der Waals surface area contributed by atoms with Crippen LogP contribution in [0.5, 0.6) is 5.75 Å². The maximum Gasteiger partial charge on any atom is 0.254 e. The Bertz CT molecular complexity index is 382. The van der Waals surface area contributed by atoms with E-state index in [4.69, 9.17) is 4.74 Å². The highest BCUT2D eigenvalue weighted by Crippen LogP contribution is 2.15. The minimum atomic E-state index is 0.0711. The van der Waals surface area contributed by atoms with Gasteiger partial charge in [0.15, 0.2) is 0 Å². The summed E-state index contributed by atoms with van der Waals surface area (Å²) in [5.74, 6) is 0.789. The van der Waals surface area contributed by atoms with E-state index in [1.807, 2.05) is 23.1 Å². The molecule has 0 aliphatic carbocycles. The van der Waals surface area contributed by atoms with Crippen molar-refractivity contribution >= 4 is 21.8 Å². The molecular formula is C14H20BrNO2. The van der Waals surface area contributed by atoms with E-state index in [2.05, 4.69) is 22.9 Å². The lowest BCUT2D eigenvalue weighted by Crippen LogP contribution is -2.33. The van der Waals surface area contributed by atoms with Gasteiger partial charge in [0.2, 0.25) is 0 Å². The van der Waals surface area contributed by atoms with Crippen molar-refractivity contribution in [3.05, 3.63) is 29.8 Å². The van der Waals surface area contributed by atoms with E-state index in [1.165, 1.54) is 0 Å². The van der Waals surface area contributed by atoms with Crippen LogP contribution in [0.2, 0.25) is 0 Å². The monoisotopic (exact) mass is 313 g/mol. The van der Waals surface area contributed by atoms with Crippen LogP contribution in [0.3, 0.4) is 0 Å². The molecule has 4 heteroatoms. The standard InChI is InChI=1S/C14H20BrNO2/c1-3-4-9-16(10-8-15)14(17)12-6-5-7-13(11-12)18-2/h5-7,11H,3-4,8-10H2,1-2H3. The molecule has 0 spiro atoms. The second-order valence-electron chi connectivity index (χ2n) is 4.07. The first-order chi connectivity index (χ1) is 8.72. The number of hydrogen-bond donors (Lipinski definition) is 0. The fraction of sp³-hybridized carbons (Fsp3) is 0.500. The molecule has 1 aromatic rings. The zero-order valence-electron chi connectivity index (χ0n) is 11.0. The van der Waals surface area contributed by atoms with Crippen LogP contribution in [0.1, 0.15) is 30.1 Å². The maximum atomic E-state index is 12.4. The van der Waals surface area contributed by atoms with Crippen LogP contribution in [0.4, 0.5) is 0 Å². The fourth-order valence-corrected chi connectivity index (χ4v) is 2.13. The third kappa shape index (κ3) is 4.33. The van der Waals surface area contributed by atoms with E-state index >= 15 is 0 Å². The van der Waals surface area contributed by atoms with Gasteiger partial charge in [0, 0.05) is 24.0 Å². The van der Waals surface area contributed by atoms with Gasteiger partial charge in [-0.1, -0.05) is 35.3 Å². The highest BCUT2D eigenvalue weighted by molar-refractivity contribution is 9.09. The molecule has 18 heavy (non-hydrogen) atoms. The topological polar surface area (TPSA) is 29.5 Å². The summed E-state index contributed by atoms with van der Waals surface area (Å²) in [7, 11) is 1.61. The second kappa shape index (κ2) is 8.14. The maximum absolute atomic E-state index is 12.4. The molecule has 0 atom stereocenters. The van der Waals surface area contributed by atoms with Crippen LogP contribution in [-0.4, -0.2) is 36.3 Å². The number of benzene rings is 1. The smallest absolute Gasteiger partial charge is 0.254 e. The van der Waals surface area contributed by atoms with Gasteiger partial charge in [-0.2, -0.15) is 0 Å². The van der Waals surface area contributed by atoms with Crippen LogP contribution < -0.4 is 4.74 Å². The lowest BCUT2D eigenvalue weighted by Gasteiger charge is -2.21. The quantitative estimate of drug-likeness (QED) is 0.723. The number of ether oxygens (including phenoxy) is 1. The SMILES string of the molecule is CCCCN(CCBr)C(=O)c1cccc(OC)c1. The zero-order chi connectivity index (χ0) is 13.4. The molecule has 0 aliphatic heterocycles. The lowest BCUT2D eigenvalue weighted by atomic mass is 10.1. The Morgan fingerprint density at radius 2 is 2.17 bits per heavy atom. The molecule has 1 rings (SSSR count). The number of nitrogens with zero attached hydrogens (tertiary/aromatic N) is 1. The van der Waals surface area contributed by atoms with Crippen LogP contribution in [0, 0.1) is 0 Å². The van der Waals surface area contributed by atoms with Gasteiger partial charge in [-0.25, -0.2) is 0 Å². The lowest BCUT2D eigenvalue weighted by molar-refractivity contribution is 0.0764. The first-order valence-electron chi connectivity index (χ1n) is 6.22. The molecule has 0 unspecified atom stereocenters. The van der Waals surface area contributed by atoms with Gasteiger partial charge in [0.25, 0.3) is 5.91 Å². The normalized spacial score (nSPS) is 10.2. The van der Waals surface area contributed by atoms with Gasteiger partial charge in [-0.3, -0.25) is 4.79 Å². The Balaban J connectivity index is 2.79. The molecule has 0 saturated carbocycles. The largest absolute Gasteiger partial charge is 0.497 e. The minimum absolute atomic E-state index is 0.0711. The van der Waals surface area contributed by atoms with Crippen molar-refractivity contribution < 1.29 is 9.53 Å². The highest BCUT2D eigenvalue weighted by Gasteiger charge is 2.14. The number of rotatable bonds is 7. The number of unbranched alkanes of at least 4 members (excludes halogenated alkanes) is 1. The Labute approximate surface area is 117 Å². The van der Waals surface area contributed by atoms with E-state index in [-0.39, 0.29) is 5.91 Å². The molecule has 0 N–H and O–H groups in total. The van der Waals surface area contributed by atoms with E-state index in [0.717, 1.165) is 37.0 Å². The van der Waals surface area contributed by atoms with Gasteiger partial charge in [0.05, 0.1) is 7.11 Å². The number of carbonyl (C=O) groups is 1. The number of carbonyl (C=O) groups excluding carboxylic acids is 1. The third-order valence-electron chi connectivity index (χ3n) is 2.74. The molecule has 0 heterocycles. The molecule has 0 bridgehead atoms. The molecule has 1 amide bonds. The number of halogens is 1. The fourth-order valence-electron chi connectivity index (χ4n) is 1.70. The zero-order valence-corrected chi connectivity index (χ0v) is 12.6. The Morgan fingerprint density at radius 3 is 2.78 bits per heavy atom. The van der Waals surface area contributed by atoms with E-state index in [9.17, 15) is 4.79 Å². The summed E-state index contributed by atoms with van der Waals surface area (Å²) in [6.45, 7) is 3.66. The summed E-state index contributed by atoms with van der Waals surface area (Å²) in [5, 5.41) is 0.798. The summed E-state index contributed by atoms with van der Waals surface area (Å²) in [4.78, 5) is 14.2. The molecule has 3 nitrogen and oxygen atoms in total. The Kier molecular flexibility index (Phi) is 6.80. The predicted molar refractivity (Wildman–Crippen MR) is 77.6 cm³/mol. The molecule has 1 aromatic carbocycles. The van der Waals surface area contributed by atoms with Gasteiger partial charge in [-0.05, 0) is 24.6 Å². The number of amides is 1. The van der Waals surface area contributed by atoms with Gasteiger partial charge in [0.1, 0.15) is 5.75 Å². The molecule has 100 valence electrons. The van der Waals surface area contributed by atoms with Crippen molar-refractivity contribution in [2.24, 2.45) is 0 Å². The van der Waals surface area contributed by atoms with Crippen LogP contribution >= 0.6 is 15.9 Å². The Hall–Kier alpha value is -1.03. The summed E-state index contributed by atoms with van der Waals surface area (Å²) in [6.07, 6.45) is 2.12. The summed E-state index contributed by atoms with van der Waals surface area (Å²) in [5.41, 5.74) is 0.686. The first-order valence-corrected chi connectivity index (χ1v) is 7.34. The third-order valence-corrected chi connectivity index (χ3v) is 3.09. The summed E-state index contributed by atoms with van der Waals surface area (Å²) >= 11 is 3.39. The number of hydrogen-bond acceptors (Lipinski definition) is 2. The van der Waals surface area contributed by atoms with Crippen molar-refractivity contribution in [2.45, 2.75) is 19.8 Å². The first kappa shape index (κ1) is 15.0. The van der Waals surface area contributed by atoms with Crippen LogP contribution in [0.25, 0.3) is 0 Å². The van der Waals surface area contributed by atoms with Crippen molar-refractivity contribution in [1.29, 1.82) is 0 Å². The highest BCUT2D eigenvalue weighted by atomic mass is 79.9. The Morgan fingerprint density at radius 1 is 1.39 bits per heavy atom. The number of alkyl halides is 1. The molecule has 0 radical (unpaired) electrons. The summed E-state index contributed by atoms with van der Waals surface area (Å²) < 4.78 is 5.15. The molecular weight excluding hydrogens is 294 g/mol. The van der Waals surface area contributed by atoms with Gasteiger partial charge < -0.3 is 9.64 Å². The molecule has 0 aromatic heterocycles. The van der Waals surface area contributed by atoms with Gasteiger partial charge in [-0.15, -0.1) is 0 Å². The van der Waals surface area contributed by atoms with E-state index in [0.29, 0.717) is 5.56 Å². The predicted octanol–water partition coefficient (Wildman–Crippen LogP) is 3.33. The average Bonchev–Trinajstić information content (AvgIpc) is 2.42. The van der Waals surface area contributed by atoms with Crippen LogP contribution in [-0.2, 0) is 0 Å². The van der Waals surface area contributed by atoms with Crippen LogP contribution in [0.15, 0.2) is 24.3 Å². The molecule has 0 saturated heterocycles. The van der Waals surface area contributed by atoms with E-state index < -0.39 is 0 Å². The summed E-state index contributed by atoms with van der Waals surface area (Å²) in [6, 6.07) is 7.31. The van der Waals surface area contributed by atoms with Crippen molar-refractivity contribution in [3.63, 3.8) is 0 Å².